The Hall–Kier alpha value is -2.22. The van der Waals surface area contributed by atoms with E-state index >= 15 is 0 Å². The first-order chi connectivity index (χ1) is 10.00. The van der Waals surface area contributed by atoms with Crippen LogP contribution in [0.25, 0.3) is 0 Å². The van der Waals surface area contributed by atoms with Crippen molar-refractivity contribution in [2.75, 3.05) is 13.1 Å². The van der Waals surface area contributed by atoms with Crippen molar-refractivity contribution in [3.8, 4) is 0 Å². The second-order valence-corrected chi connectivity index (χ2v) is 5.41. The molecule has 0 radical (unpaired) electrons. The molecule has 0 bridgehead atoms. The van der Waals surface area contributed by atoms with E-state index in [0.29, 0.717) is 25.9 Å². The van der Waals surface area contributed by atoms with Crippen molar-refractivity contribution in [3.63, 3.8) is 0 Å². The van der Waals surface area contributed by atoms with Gasteiger partial charge in [-0.15, -0.1) is 10.2 Å². The number of piperidine rings is 1. The summed E-state index contributed by atoms with van der Waals surface area (Å²) in [5.74, 6) is -0.593. The Morgan fingerprint density at radius 3 is 2.48 bits per heavy atom. The minimum atomic E-state index is -0.889. The van der Waals surface area contributed by atoms with E-state index in [-0.39, 0.29) is 22.7 Å². The molecule has 2 N–H and O–H groups in total. The Morgan fingerprint density at radius 2 is 1.95 bits per heavy atom. The number of nitrogens with one attached hydrogen (secondary N) is 2. The first-order valence-electron chi connectivity index (χ1n) is 6.42. The van der Waals surface area contributed by atoms with E-state index in [1.165, 1.54) is 12.1 Å². The number of carbonyl (C=O) groups excluding carboxylic acids is 3. The third kappa shape index (κ3) is 2.42. The van der Waals surface area contributed by atoms with Gasteiger partial charge in [0.1, 0.15) is 5.54 Å². The van der Waals surface area contributed by atoms with E-state index < -0.39 is 11.6 Å². The zero-order valence-corrected chi connectivity index (χ0v) is 11.7. The minimum Gasteiger partial charge on any atom is -0.337 e. The fraction of sp³-hybridized carbons (Fsp3) is 0.417. The average molecular weight is 310 g/mol. The van der Waals surface area contributed by atoms with Gasteiger partial charge in [0.2, 0.25) is 0 Å². The van der Waals surface area contributed by atoms with E-state index in [1.54, 1.807) is 4.90 Å². The molecule has 0 atom stereocenters. The van der Waals surface area contributed by atoms with Crippen molar-refractivity contribution in [1.82, 2.24) is 25.7 Å². The van der Waals surface area contributed by atoms with Gasteiger partial charge >= 0.3 is 6.03 Å². The molecule has 2 aliphatic rings. The molecule has 3 rings (SSSR count). The highest BCUT2D eigenvalue weighted by Crippen LogP contribution is 2.26. The summed E-state index contributed by atoms with van der Waals surface area (Å²) in [6, 6.07) is 2.52. The summed E-state index contributed by atoms with van der Waals surface area (Å²) < 4.78 is 0. The highest BCUT2D eigenvalue weighted by molar-refractivity contribution is 6.29. The standard InChI is InChI=1S/C12H12ClN5O3/c13-8-2-1-7(16-17-8)9(19)18-5-3-12(4-6-18)10(20)14-11(21)15-12/h1-2H,3-6H2,(H2,14,15,20,21). The van der Waals surface area contributed by atoms with Gasteiger partial charge in [0.25, 0.3) is 11.8 Å². The molecular formula is C12H12ClN5O3. The lowest BCUT2D eigenvalue weighted by Gasteiger charge is -2.36. The van der Waals surface area contributed by atoms with Crippen molar-refractivity contribution in [3.05, 3.63) is 23.0 Å². The third-order valence-corrected chi connectivity index (χ3v) is 3.97. The normalized spacial score (nSPS) is 20.3. The monoisotopic (exact) mass is 309 g/mol. The summed E-state index contributed by atoms with van der Waals surface area (Å²) >= 11 is 5.63. The van der Waals surface area contributed by atoms with Crippen molar-refractivity contribution in [2.24, 2.45) is 0 Å². The lowest BCUT2D eigenvalue weighted by molar-refractivity contribution is -0.125. The number of nitrogens with zero attached hydrogens (tertiary/aromatic N) is 3. The van der Waals surface area contributed by atoms with Crippen LogP contribution < -0.4 is 10.6 Å². The molecule has 2 saturated heterocycles. The van der Waals surface area contributed by atoms with Crippen LogP contribution in [0.5, 0.6) is 0 Å². The molecule has 2 fully saturated rings. The van der Waals surface area contributed by atoms with Gasteiger partial charge < -0.3 is 10.2 Å². The largest absolute Gasteiger partial charge is 0.337 e. The zero-order valence-electron chi connectivity index (χ0n) is 10.9. The van der Waals surface area contributed by atoms with Crippen molar-refractivity contribution in [1.29, 1.82) is 0 Å². The molecule has 4 amide bonds. The summed E-state index contributed by atoms with van der Waals surface area (Å²) in [5.41, 5.74) is -0.685. The SMILES string of the molecule is O=C1NC(=O)C2(CCN(C(=O)c3ccc(Cl)nn3)CC2)N1. The van der Waals surface area contributed by atoms with E-state index in [4.69, 9.17) is 11.6 Å². The number of hydrogen-bond donors (Lipinski definition) is 2. The number of likely N-dealkylation sites (tertiary alicyclic amines) is 1. The fourth-order valence-corrected chi connectivity index (χ4v) is 2.66. The summed E-state index contributed by atoms with van der Waals surface area (Å²) in [7, 11) is 0. The number of rotatable bonds is 1. The molecule has 1 aromatic rings. The van der Waals surface area contributed by atoms with E-state index in [1.807, 2.05) is 0 Å². The summed E-state index contributed by atoms with van der Waals surface area (Å²) in [5, 5.41) is 12.5. The number of hydrogen-bond acceptors (Lipinski definition) is 5. The van der Waals surface area contributed by atoms with Gasteiger partial charge in [-0.05, 0) is 25.0 Å². The first-order valence-corrected chi connectivity index (χ1v) is 6.80. The predicted molar refractivity (Wildman–Crippen MR) is 71.6 cm³/mol. The Morgan fingerprint density at radius 1 is 1.24 bits per heavy atom. The second kappa shape index (κ2) is 4.96. The third-order valence-electron chi connectivity index (χ3n) is 3.77. The molecule has 0 aromatic carbocycles. The maximum atomic E-state index is 12.3. The Bertz CT molecular complexity index is 610. The Kier molecular flexibility index (Phi) is 3.25. The van der Waals surface area contributed by atoms with Gasteiger partial charge in [-0.2, -0.15) is 0 Å². The topological polar surface area (TPSA) is 104 Å². The summed E-state index contributed by atoms with van der Waals surface area (Å²) in [6.07, 6.45) is 0.745. The Balaban J connectivity index is 1.68. The Labute approximate surface area is 124 Å². The molecule has 0 aliphatic carbocycles. The van der Waals surface area contributed by atoms with Crippen LogP contribution in [0.15, 0.2) is 12.1 Å². The van der Waals surface area contributed by atoms with Crippen LogP contribution in [0.4, 0.5) is 4.79 Å². The molecule has 1 spiro atoms. The molecule has 110 valence electrons. The minimum absolute atomic E-state index is 0.204. The van der Waals surface area contributed by atoms with Crippen LogP contribution >= 0.6 is 11.6 Å². The van der Waals surface area contributed by atoms with Crippen LogP contribution in [-0.2, 0) is 4.79 Å². The van der Waals surface area contributed by atoms with Crippen molar-refractivity contribution >= 4 is 29.4 Å². The second-order valence-electron chi connectivity index (χ2n) is 5.02. The van der Waals surface area contributed by atoms with Gasteiger partial charge in [0.05, 0.1) is 0 Å². The van der Waals surface area contributed by atoms with Gasteiger partial charge in [-0.3, -0.25) is 14.9 Å². The van der Waals surface area contributed by atoms with Crippen LogP contribution in [0.3, 0.4) is 0 Å². The highest BCUT2D eigenvalue weighted by Gasteiger charge is 2.48. The maximum Gasteiger partial charge on any atom is 0.322 e. The van der Waals surface area contributed by atoms with Crippen molar-refractivity contribution in [2.45, 2.75) is 18.4 Å². The fourth-order valence-electron chi connectivity index (χ4n) is 2.56. The predicted octanol–water partition coefficient (Wildman–Crippen LogP) is -0.0558. The van der Waals surface area contributed by atoms with Crippen molar-refractivity contribution < 1.29 is 14.4 Å². The molecule has 21 heavy (non-hydrogen) atoms. The average Bonchev–Trinajstić information content (AvgIpc) is 2.74. The summed E-state index contributed by atoms with van der Waals surface area (Å²) in [6.45, 7) is 0.716. The molecule has 9 heteroatoms. The maximum absolute atomic E-state index is 12.3. The van der Waals surface area contributed by atoms with Crippen LogP contribution in [0, 0.1) is 0 Å². The van der Waals surface area contributed by atoms with E-state index in [2.05, 4.69) is 20.8 Å². The van der Waals surface area contributed by atoms with E-state index in [9.17, 15) is 14.4 Å². The van der Waals surface area contributed by atoms with Gasteiger partial charge in [0, 0.05) is 13.1 Å². The number of amides is 4. The first kappa shape index (κ1) is 13.7. The number of aromatic nitrogens is 2. The number of halogens is 1. The molecule has 0 saturated carbocycles. The van der Waals surface area contributed by atoms with Gasteiger partial charge in [-0.25, -0.2) is 4.79 Å². The lowest BCUT2D eigenvalue weighted by atomic mass is 9.87. The molecule has 0 unspecified atom stereocenters. The molecular weight excluding hydrogens is 298 g/mol. The van der Waals surface area contributed by atoms with E-state index in [0.717, 1.165) is 0 Å². The highest BCUT2D eigenvalue weighted by atomic mass is 35.5. The zero-order chi connectivity index (χ0) is 15.0. The number of carbonyl (C=O) groups is 3. The van der Waals surface area contributed by atoms with Gasteiger partial charge in [-0.1, -0.05) is 11.6 Å². The summed E-state index contributed by atoms with van der Waals surface area (Å²) in [4.78, 5) is 36.9. The quantitative estimate of drug-likeness (QED) is 0.707. The molecule has 1 aromatic heterocycles. The van der Waals surface area contributed by atoms with Crippen LogP contribution in [0.1, 0.15) is 23.3 Å². The van der Waals surface area contributed by atoms with Crippen LogP contribution in [0.2, 0.25) is 5.15 Å². The number of urea groups is 1. The molecule has 3 heterocycles. The molecule has 8 nitrogen and oxygen atoms in total. The number of imide groups is 1. The van der Waals surface area contributed by atoms with Gasteiger partial charge in [0.15, 0.2) is 10.8 Å². The smallest absolute Gasteiger partial charge is 0.322 e. The van der Waals surface area contributed by atoms with Crippen LogP contribution in [-0.4, -0.2) is 51.6 Å². The lowest BCUT2D eigenvalue weighted by Crippen LogP contribution is -2.55. The molecule has 2 aliphatic heterocycles.